The number of nitrogens with zero attached hydrogens (tertiary/aromatic N) is 2. The van der Waals surface area contributed by atoms with Crippen LogP contribution in [0.4, 0.5) is 0 Å². The summed E-state index contributed by atoms with van der Waals surface area (Å²) in [7, 11) is 0. The number of aliphatic carboxylic acids is 1. The van der Waals surface area contributed by atoms with Crippen molar-refractivity contribution < 1.29 is 14.3 Å². The van der Waals surface area contributed by atoms with Crippen LogP contribution < -0.4 is 0 Å². The van der Waals surface area contributed by atoms with Gasteiger partial charge in [-0.1, -0.05) is 36.8 Å². The summed E-state index contributed by atoms with van der Waals surface area (Å²) in [5.74, 6) is 0.310. The highest BCUT2D eigenvalue weighted by Gasteiger charge is 2.13. The number of carbonyl (C=O) groups is 1. The number of aryl methyl sites for hydroxylation is 3. The molecular formula is C16H20N2O3. The van der Waals surface area contributed by atoms with Crippen LogP contribution in [0, 0.1) is 12.8 Å². The molecule has 0 saturated carbocycles. The van der Waals surface area contributed by atoms with Crippen molar-refractivity contribution in [1.82, 2.24) is 10.2 Å². The molecule has 0 spiro atoms. The summed E-state index contributed by atoms with van der Waals surface area (Å²) in [6, 6.07) is 8.37. The first-order chi connectivity index (χ1) is 10.0. The molecule has 5 heteroatoms. The maximum Gasteiger partial charge on any atom is 0.303 e. The number of aromatic nitrogens is 2. The Balaban J connectivity index is 1.85. The van der Waals surface area contributed by atoms with Gasteiger partial charge in [-0.3, -0.25) is 4.79 Å². The van der Waals surface area contributed by atoms with Crippen molar-refractivity contribution in [3.05, 3.63) is 47.2 Å². The molecule has 0 radical (unpaired) electrons. The summed E-state index contributed by atoms with van der Waals surface area (Å²) in [4.78, 5) is 10.6. The first-order valence-electron chi connectivity index (χ1n) is 7.11. The van der Waals surface area contributed by atoms with Crippen molar-refractivity contribution in [1.29, 1.82) is 0 Å². The quantitative estimate of drug-likeness (QED) is 0.847. The van der Waals surface area contributed by atoms with Gasteiger partial charge in [-0.2, -0.15) is 0 Å². The second-order valence-electron chi connectivity index (χ2n) is 5.48. The Kier molecular flexibility index (Phi) is 5.09. The molecule has 1 heterocycles. The zero-order chi connectivity index (χ0) is 15.2. The molecule has 1 atom stereocenters. The summed E-state index contributed by atoms with van der Waals surface area (Å²) >= 11 is 0. The molecule has 5 nitrogen and oxygen atoms in total. The van der Waals surface area contributed by atoms with Crippen molar-refractivity contribution in [2.75, 3.05) is 0 Å². The van der Waals surface area contributed by atoms with Crippen LogP contribution in [0.25, 0.3) is 0 Å². The summed E-state index contributed by atoms with van der Waals surface area (Å²) in [5.41, 5.74) is 2.48. The van der Waals surface area contributed by atoms with Gasteiger partial charge in [0.2, 0.25) is 11.8 Å². The van der Waals surface area contributed by atoms with Crippen molar-refractivity contribution in [3.63, 3.8) is 0 Å². The van der Waals surface area contributed by atoms with Gasteiger partial charge in [0.05, 0.1) is 0 Å². The van der Waals surface area contributed by atoms with E-state index in [0.717, 1.165) is 6.42 Å². The van der Waals surface area contributed by atoms with Crippen LogP contribution in [0.5, 0.6) is 0 Å². The third kappa shape index (κ3) is 5.02. The van der Waals surface area contributed by atoms with Crippen molar-refractivity contribution >= 4 is 5.97 Å². The molecular weight excluding hydrogens is 268 g/mol. The maximum absolute atomic E-state index is 10.6. The number of rotatable bonds is 7. The van der Waals surface area contributed by atoms with Crippen molar-refractivity contribution in [3.8, 4) is 0 Å². The molecule has 0 amide bonds. The smallest absolute Gasteiger partial charge is 0.303 e. The molecule has 0 aliphatic rings. The van der Waals surface area contributed by atoms with E-state index < -0.39 is 5.97 Å². The van der Waals surface area contributed by atoms with E-state index in [1.54, 1.807) is 0 Å². The van der Waals surface area contributed by atoms with Gasteiger partial charge in [-0.05, 0) is 24.8 Å². The maximum atomic E-state index is 10.6. The summed E-state index contributed by atoms with van der Waals surface area (Å²) in [6.45, 7) is 3.93. The first-order valence-corrected chi connectivity index (χ1v) is 7.11. The van der Waals surface area contributed by atoms with Gasteiger partial charge in [0, 0.05) is 19.3 Å². The fraction of sp³-hybridized carbons (Fsp3) is 0.438. The third-order valence-corrected chi connectivity index (χ3v) is 3.30. The lowest BCUT2D eigenvalue weighted by Gasteiger charge is -2.03. The monoisotopic (exact) mass is 288 g/mol. The van der Waals surface area contributed by atoms with Crippen LogP contribution in [-0.4, -0.2) is 21.3 Å². The lowest BCUT2D eigenvalue weighted by atomic mass is 10.0. The molecule has 0 saturated heterocycles. The lowest BCUT2D eigenvalue weighted by Crippen LogP contribution is -2.07. The molecule has 1 aromatic heterocycles. The predicted molar refractivity (Wildman–Crippen MR) is 78.0 cm³/mol. The lowest BCUT2D eigenvalue weighted by molar-refractivity contribution is -0.137. The van der Waals surface area contributed by atoms with E-state index in [1.807, 2.05) is 6.92 Å². The zero-order valence-electron chi connectivity index (χ0n) is 12.4. The number of hydrogen-bond acceptors (Lipinski definition) is 4. The third-order valence-electron chi connectivity index (χ3n) is 3.30. The number of hydrogen-bond donors (Lipinski definition) is 1. The minimum atomic E-state index is -0.804. The summed E-state index contributed by atoms with van der Waals surface area (Å²) in [5, 5.41) is 16.7. The molecule has 2 rings (SSSR count). The molecule has 1 aromatic carbocycles. The normalized spacial score (nSPS) is 12.3. The summed E-state index contributed by atoms with van der Waals surface area (Å²) < 4.78 is 5.57. The zero-order valence-corrected chi connectivity index (χ0v) is 12.4. The van der Waals surface area contributed by atoms with E-state index in [2.05, 4.69) is 41.4 Å². The summed E-state index contributed by atoms with van der Waals surface area (Å²) in [6.07, 6.45) is 2.17. The fourth-order valence-electron chi connectivity index (χ4n) is 2.15. The van der Waals surface area contributed by atoms with Gasteiger partial charge >= 0.3 is 5.97 Å². The molecule has 0 aliphatic carbocycles. The highest BCUT2D eigenvalue weighted by molar-refractivity contribution is 5.66. The first kappa shape index (κ1) is 15.2. The molecule has 0 fully saturated rings. The van der Waals surface area contributed by atoms with E-state index in [0.29, 0.717) is 24.6 Å². The Hall–Kier alpha value is -2.17. The van der Waals surface area contributed by atoms with Gasteiger partial charge in [0.15, 0.2) is 0 Å². The van der Waals surface area contributed by atoms with E-state index >= 15 is 0 Å². The largest absolute Gasteiger partial charge is 0.481 e. The topological polar surface area (TPSA) is 76.2 Å². The highest BCUT2D eigenvalue weighted by Crippen LogP contribution is 2.13. The second-order valence-corrected chi connectivity index (χ2v) is 5.48. The highest BCUT2D eigenvalue weighted by atomic mass is 16.4. The van der Waals surface area contributed by atoms with Gasteiger partial charge in [0.25, 0.3) is 0 Å². The van der Waals surface area contributed by atoms with Gasteiger partial charge < -0.3 is 9.52 Å². The molecule has 112 valence electrons. The Labute approximate surface area is 124 Å². The average molecular weight is 288 g/mol. The fourth-order valence-corrected chi connectivity index (χ4v) is 2.15. The van der Waals surface area contributed by atoms with Gasteiger partial charge in [0.1, 0.15) is 0 Å². The number of benzene rings is 1. The molecule has 2 aromatic rings. The van der Waals surface area contributed by atoms with Crippen molar-refractivity contribution in [2.45, 2.75) is 39.5 Å². The standard InChI is InChI=1S/C16H20N2O3/c1-11-3-5-13(6-4-11)7-8-14-17-18-15(21-14)9-12(2)10-16(19)20/h3-6,12H,7-10H2,1-2H3,(H,19,20). The Morgan fingerprint density at radius 1 is 1.19 bits per heavy atom. The van der Waals surface area contributed by atoms with Crippen LogP contribution in [0.15, 0.2) is 28.7 Å². The van der Waals surface area contributed by atoms with E-state index in [4.69, 9.17) is 9.52 Å². The van der Waals surface area contributed by atoms with Crippen LogP contribution in [0.2, 0.25) is 0 Å². The molecule has 0 bridgehead atoms. The van der Waals surface area contributed by atoms with Crippen LogP contribution in [0.1, 0.15) is 36.3 Å². The molecule has 0 aliphatic heterocycles. The van der Waals surface area contributed by atoms with Gasteiger partial charge in [-0.25, -0.2) is 0 Å². The van der Waals surface area contributed by atoms with E-state index in [-0.39, 0.29) is 12.3 Å². The minimum Gasteiger partial charge on any atom is -0.481 e. The SMILES string of the molecule is Cc1ccc(CCc2nnc(CC(C)CC(=O)O)o2)cc1. The Morgan fingerprint density at radius 2 is 1.86 bits per heavy atom. The number of carboxylic acids is 1. The second kappa shape index (κ2) is 7.02. The van der Waals surface area contributed by atoms with E-state index in [1.165, 1.54) is 11.1 Å². The average Bonchev–Trinajstić information content (AvgIpc) is 2.84. The Bertz CT molecular complexity index is 590. The molecule has 1 unspecified atom stereocenters. The van der Waals surface area contributed by atoms with Crippen LogP contribution in [0.3, 0.4) is 0 Å². The minimum absolute atomic E-state index is 0.00658. The van der Waals surface area contributed by atoms with Crippen LogP contribution in [-0.2, 0) is 24.1 Å². The molecule has 1 N–H and O–H groups in total. The van der Waals surface area contributed by atoms with Crippen LogP contribution >= 0.6 is 0 Å². The Morgan fingerprint density at radius 3 is 2.52 bits per heavy atom. The molecule has 21 heavy (non-hydrogen) atoms. The predicted octanol–water partition coefficient (Wildman–Crippen LogP) is 2.82. The number of carboxylic acid groups (broad SMARTS) is 1. The van der Waals surface area contributed by atoms with Gasteiger partial charge in [-0.15, -0.1) is 10.2 Å². The van der Waals surface area contributed by atoms with Crippen molar-refractivity contribution in [2.24, 2.45) is 5.92 Å². The van der Waals surface area contributed by atoms with E-state index in [9.17, 15) is 4.79 Å².